The van der Waals surface area contributed by atoms with Crippen LogP contribution in [0, 0.1) is 5.92 Å². The number of thiazole rings is 1. The number of carbonyl (C=O) groups is 1. The first kappa shape index (κ1) is 15.6. The van der Waals surface area contributed by atoms with E-state index in [1.165, 1.54) is 17.0 Å². The number of hydrogen-bond donors (Lipinski definition) is 1. The molecule has 22 heavy (non-hydrogen) atoms. The number of amides is 1. The standard InChI is InChI=1S/C17H20N2OS2/c1-3-21-14-7-5-4-6-12(14)16(20)19-17-18-13-9-8-11(2)10-15(13)22-17/h4-7,11H,3,8-10H2,1-2H3,(H,18,19,20)/t11-/m1/s1. The molecule has 3 nitrogen and oxygen atoms in total. The highest BCUT2D eigenvalue weighted by molar-refractivity contribution is 7.99. The molecule has 0 radical (unpaired) electrons. The Bertz CT molecular complexity index is 681. The van der Waals surface area contributed by atoms with Crippen LogP contribution in [0.3, 0.4) is 0 Å². The molecule has 0 saturated carbocycles. The van der Waals surface area contributed by atoms with Crippen molar-refractivity contribution in [3.8, 4) is 0 Å². The van der Waals surface area contributed by atoms with Crippen LogP contribution < -0.4 is 5.32 Å². The average Bonchev–Trinajstić information content (AvgIpc) is 2.89. The van der Waals surface area contributed by atoms with Crippen LogP contribution in [0.25, 0.3) is 0 Å². The lowest BCUT2D eigenvalue weighted by Crippen LogP contribution is -2.13. The molecule has 5 heteroatoms. The molecular weight excluding hydrogens is 312 g/mol. The van der Waals surface area contributed by atoms with E-state index < -0.39 is 0 Å². The average molecular weight is 332 g/mol. The number of hydrogen-bond acceptors (Lipinski definition) is 4. The lowest BCUT2D eigenvalue weighted by atomic mass is 9.93. The molecule has 1 atom stereocenters. The highest BCUT2D eigenvalue weighted by Crippen LogP contribution is 2.32. The second-order valence-corrected chi connectivity index (χ2v) is 8.01. The minimum Gasteiger partial charge on any atom is -0.298 e. The quantitative estimate of drug-likeness (QED) is 0.830. The van der Waals surface area contributed by atoms with Gasteiger partial charge in [-0.2, -0.15) is 0 Å². The maximum Gasteiger partial charge on any atom is 0.258 e. The Kier molecular flexibility index (Phi) is 4.84. The number of carbonyl (C=O) groups excluding carboxylic acids is 1. The summed E-state index contributed by atoms with van der Waals surface area (Å²) in [6.07, 6.45) is 3.32. The largest absolute Gasteiger partial charge is 0.298 e. The summed E-state index contributed by atoms with van der Waals surface area (Å²) in [6.45, 7) is 4.37. The Balaban J connectivity index is 1.77. The summed E-state index contributed by atoms with van der Waals surface area (Å²) in [5, 5.41) is 3.72. The third kappa shape index (κ3) is 3.36. The second kappa shape index (κ2) is 6.84. The van der Waals surface area contributed by atoms with Crippen molar-refractivity contribution in [3.63, 3.8) is 0 Å². The molecule has 3 rings (SSSR count). The van der Waals surface area contributed by atoms with Gasteiger partial charge in [0.15, 0.2) is 5.13 Å². The van der Waals surface area contributed by atoms with Gasteiger partial charge in [-0.05, 0) is 43.1 Å². The third-order valence-electron chi connectivity index (χ3n) is 3.84. The van der Waals surface area contributed by atoms with Crippen molar-refractivity contribution in [1.82, 2.24) is 4.98 Å². The molecule has 1 aliphatic rings. The van der Waals surface area contributed by atoms with Gasteiger partial charge in [0.2, 0.25) is 0 Å². The maximum atomic E-state index is 12.5. The van der Waals surface area contributed by atoms with E-state index in [1.54, 1.807) is 23.1 Å². The zero-order valence-electron chi connectivity index (χ0n) is 12.9. The van der Waals surface area contributed by atoms with Crippen LogP contribution in [0.5, 0.6) is 0 Å². The summed E-state index contributed by atoms with van der Waals surface area (Å²) >= 11 is 3.32. The molecule has 0 fully saturated rings. The predicted octanol–water partition coefficient (Wildman–Crippen LogP) is 4.63. The van der Waals surface area contributed by atoms with Crippen LogP contribution in [-0.2, 0) is 12.8 Å². The van der Waals surface area contributed by atoms with Gasteiger partial charge in [0, 0.05) is 9.77 Å². The fourth-order valence-corrected chi connectivity index (χ4v) is 4.66. The van der Waals surface area contributed by atoms with Gasteiger partial charge >= 0.3 is 0 Å². The molecule has 0 unspecified atom stereocenters. The number of fused-ring (bicyclic) bond motifs is 1. The Labute approximate surface area is 139 Å². The smallest absolute Gasteiger partial charge is 0.258 e. The van der Waals surface area contributed by atoms with E-state index in [2.05, 4.69) is 24.1 Å². The Morgan fingerprint density at radius 3 is 3.09 bits per heavy atom. The number of benzene rings is 1. The molecule has 0 spiro atoms. The van der Waals surface area contributed by atoms with Gasteiger partial charge in [0.1, 0.15) is 0 Å². The molecule has 1 aromatic carbocycles. The van der Waals surface area contributed by atoms with E-state index in [-0.39, 0.29) is 5.91 Å². The Morgan fingerprint density at radius 1 is 1.45 bits per heavy atom. The second-order valence-electron chi connectivity index (χ2n) is 5.62. The minimum absolute atomic E-state index is 0.0595. The van der Waals surface area contributed by atoms with Crippen molar-refractivity contribution in [2.75, 3.05) is 11.1 Å². The van der Waals surface area contributed by atoms with E-state index in [0.29, 0.717) is 0 Å². The molecule has 116 valence electrons. The molecule has 1 heterocycles. The first-order chi connectivity index (χ1) is 10.7. The lowest BCUT2D eigenvalue weighted by molar-refractivity contribution is 0.102. The third-order valence-corrected chi connectivity index (χ3v) is 5.83. The van der Waals surface area contributed by atoms with E-state index in [0.717, 1.165) is 40.1 Å². The number of aryl methyl sites for hydroxylation is 1. The SMILES string of the molecule is CCSc1ccccc1C(=O)Nc1nc2c(s1)C[C@H](C)CC2. The molecule has 1 aromatic heterocycles. The summed E-state index contributed by atoms with van der Waals surface area (Å²) in [5.41, 5.74) is 1.91. The number of anilines is 1. The van der Waals surface area contributed by atoms with Crippen molar-refractivity contribution in [1.29, 1.82) is 0 Å². The maximum absolute atomic E-state index is 12.5. The molecule has 1 amide bonds. The molecule has 0 bridgehead atoms. The summed E-state index contributed by atoms with van der Waals surface area (Å²) in [5.74, 6) is 1.61. The van der Waals surface area contributed by atoms with Crippen molar-refractivity contribution in [2.24, 2.45) is 5.92 Å². The zero-order valence-corrected chi connectivity index (χ0v) is 14.5. The fourth-order valence-electron chi connectivity index (χ4n) is 2.69. The van der Waals surface area contributed by atoms with Crippen LogP contribution >= 0.6 is 23.1 Å². The molecule has 1 N–H and O–H groups in total. The van der Waals surface area contributed by atoms with Gasteiger partial charge in [-0.25, -0.2) is 4.98 Å². The van der Waals surface area contributed by atoms with Crippen LogP contribution in [-0.4, -0.2) is 16.6 Å². The number of thioether (sulfide) groups is 1. The van der Waals surface area contributed by atoms with Crippen molar-refractivity contribution in [3.05, 3.63) is 40.4 Å². The van der Waals surface area contributed by atoms with Gasteiger partial charge in [-0.1, -0.05) is 26.0 Å². The monoisotopic (exact) mass is 332 g/mol. The topological polar surface area (TPSA) is 42.0 Å². The van der Waals surface area contributed by atoms with Crippen molar-refractivity contribution in [2.45, 2.75) is 38.0 Å². The van der Waals surface area contributed by atoms with Crippen LogP contribution in [0.1, 0.15) is 41.2 Å². The van der Waals surface area contributed by atoms with Crippen LogP contribution in [0.15, 0.2) is 29.2 Å². The van der Waals surface area contributed by atoms with E-state index in [1.807, 2.05) is 24.3 Å². The molecule has 0 aliphatic heterocycles. The van der Waals surface area contributed by atoms with Gasteiger partial charge in [-0.15, -0.1) is 23.1 Å². The van der Waals surface area contributed by atoms with Gasteiger partial charge in [0.25, 0.3) is 5.91 Å². The molecule has 0 saturated heterocycles. The van der Waals surface area contributed by atoms with Crippen LogP contribution in [0.2, 0.25) is 0 Å². The first-order valence-corrected chi connectivity index (χ1v) is 9.49. The number of nitrogens with one attached hydrogen (secondary N) is 1. The highest BCUT2D eigenvalue weighted by Gasteiger charge is 2.21. The molecular formula is C17H20N2OS2. The highest BCUT2D eigenvalue weighted by atomic mass is 32.2. The summed E-state index contributed by atoms with van der Waals surface area (Å²) < 4.78 is 0. The van der Waals surface area contributed by atoms with Gasteiger partial charge in [0.05, 0.1) is 11.3 Å². The normalized spacial score (nSPS) is 17.1. The summed E-state index contributed by atoms with van der Waals surface area (Å²) in [7, 11) is 0. The Hall–Kier alpha value is -1.33. The summed E-state index contributed by atoms with van der Waals surface area (Å²) in [4.78, 5) is 19.5. The van der Waals surface area contributed by atoms with Crippen molar-refractivity contribution >= 4 is 34.1 Å². The van der Waals surface area contributed by atoms with Gasteiger partial charge in [-0.3, -0.25) is 10.1 Å². The number of nitrogens with zero attached hydrogens (tertiary/aromatic N) is 1. The van der Waals surface area contributed by atoms with E-state index >= 15 is 0 Å². The van der Waals surface area contributed by atoms with Crippen LogP contribution in [0.4, 0.5) is 5.13 Å². The van der Waals surface area contributed by atoms with Crippen molar-refractivity contribution < 1.29 is 4.79 Å². The lowest BCUT2D eigenvalue weighted by Gasteiger charge is -2.15. The predicted molar refractivity (Wildman–Crippen MR) is 94.1 cm³/mol. The number of aromatic nitrogens is 1. The van der Waals surface area contributed by atoms with E-state index in [9.17, 15) is 4.79 Å². The molecule has 1 aliphatic carbocycles. The number of rotatable bonds is 4. The summed E-state index contributed by atoms with van der Waals surface area (Å²) in [6, 6.07) is 7.75. The Morgan fingerprint density at radius 2 is 2.27 bits per heavy atom. The fraction of sp³-hybridized carbons (Fsp3) is 0.412. The van der Waals surface area contributed by atoms with E-state index in [4.69, 9.17) is 0 Å². The zero-order chi connectivity index (χ0) is 15.5. The molecule has 2 aromatic rings. The van der Waals surface area contributed by atoms with Gasteiger partial charge < -0.3 is 0 Å². The minimum atomic E-state index is -0.0595. The first-order valence-electron chi connectivity index (χ1n) is 7.69.